The first-order valence-corrected chi connectivity index (χ1v) is 9.85. The molecule has 3 rings (SSSR count). The van der Waals surface area contributed by atoms with Crippen LogP contribution < -0.4 is 5.32 Å². The number of hydrogen-bond acceptors (Lipinski definition) is 4. The molecule has 0 aliphatic carbocycles. The Labute approximate surface area is 167 Å². The number of halogens is 1. The largest absolute Gasteiger partial charge is 0.390 e. The van der Waals surface area contributed by atoms with Crippen molar-refractivity contribution < 1.29 is 14.3 Å². The number of thioether (sulfide) groups is 1. The molecule has 1 heterocycles. The third kappa shape index (κ3) is 4.99. The molecule has 5 nitrogen and oxygen atoms in total. The van der Waals surface area contributed by atoms with Gasteiger partial charge in [-0.05, 0) is 48.7 Å². The molecule has 1 aromatic heterocycles. The van der Waals surface area contributed by atoms with Crippen molar-refractivity contribution in [3.8, 4) is 0 Å². The average molecular weight is 399 g/mol. The molecule has 0 unspecified atom stereocenters. The predicted octanol–water partition coefficient (Wildman–Crippen LogP) is 3.91. The molecule has 2 aromatic carbocycles. The van der Waals surface area contributed by atoms with E-state index in [1.54, 1.807) is 18.3 Å². The number of nitrogens with one attached hydrogen (secondary N) is 1. The molecule has 0 fully saturated rings. The molecule has 0 bridgehead atoms. The summed E-state index contributed by atoms with van der Waals surface area (Å²) in [6, 6.07) is 12.0. The minimum atomic E-state index is -0.289. The van der Waals surface area contributed by atoms with Crippen LogP contribution >= 0.6 is 11.8 Å². The van der Waals surface area contributed by atoms with Crippen LogP contribution in [0.25, 0.3) is 0 Å². The predicted molar refractivity (Wildman–Crippen MR) is 109 cm³/mol. The molecule has 0 saturated carbocycles. The first-order chi connectivity index (χ1) is 13.5. The van der Waals surface area contributed by atoms with Gasteiger partial charge in [0.15, 0.2) is 5.16 Å². The third-order valence-corrected chi connectivity index (χ3v) is 5.42. The van der Waals surface area contributed by atoms with Gasteiger partial charge in [0.25, 0.3) is 0 Å². The van der Waals surface area contributed by atoms with Crippen molar-refractivity contribution in [3.63, 3.8) is 0 Å². The number of anilines is 1. The zero-order chi connectivity index (χ0) is 20.1. The van der Waals surface area contributed by atoms with Crippen molar-refractivity contribution in [2.24, 2.45) is 0 Å². The van der Waals surface area contributed by atoms with Gasteiger partial charge in [-0.2, -0.15) is 0 Å². The Morgan fingerprint density at radius 3 is 2.68 bits per heavy atom. The molecule has 146 valence electrons. The van der Waals surface area contributed by atoms with Gasteiger partial charge in [0.2, 0.25) is 5.91 Å². The highest BCUT2D eigenvalue weighted by Gasteiger charge is 2.12. The highest BCUT2D eigenvalue weighted by molar-refractivity contribution is 7.99. The molecular formula is C21H22FN3O2S. The van der Waals surface area contributed by atoms with Gasteiger partial charge in [-0.1, -0.05) is 36.0 Å². The zero-order valence-corrected chi connectivity index (χ0v) is 16.6. The van der Waals surface area contributed by atoms with Crippen LogP contribution in [0.5, 0.6) is 0 Å². The minimum Gasteiger partial charge on any atom is -0.390 e. The van der Waals surface area contributed by atoms with Gasteiger partial charge in [0, 0.05) is 18.4 Å². The molecule has 0 spiro atoms. The summed E-state index contributed by atoms with van der Waals surface area (Å²) in [6.45, 7) is 4.27. The van der Waals surface area contributed by atoms with Gasteiger partial charge >= 0.3 is 0 Å². The molecule has 7 heteroatoms. The first-order valence-electron chi connectivity index (χ1n) is 8.86. The minimum absolute atomic E-state index is 0.124. The molecule has 0 aliphatic rings. The van der Waals surface area contributed by atoms with E-state index in [4.69, 9.17) is 0 Å². The Balaban J connectivity index is 1.67. The fourth-order valence-corrected chi connectivity index (χ4v) is 3.54. The third-order valence-electron chi connectivity index (χ3n) is 4.43. The fourth-order valence-electron chi connectivity index (χ4n) is 2.75. The van der Waals surface area contributed by atoms with Crippen LogP contribution in [0.1, 0.15) is 22.4 Å². The molecule has 2 N–H and O–H groups in total. The summed E-state index contributed by atoms with van der Waals surface area (Å²) in [5.74, 6) is -0.220. The smallest absolute Gasteiger partial charge is 0.234 e. The van der Waals surface area contributed by atoms with Crippen LogP contribution in [-0.2, 0) is 17.9 Å². The van der Waals surface area contributed by atoms with E-state index in [9.17, 15) is 14.3 Å². The van der Waals surface area contributed by atoms with Crippen LogP contribution in [0.15, 0.2) is 53.8 Å². The quantitative estimate of drug-likeness (QED) is 0.591. The van der Waals surface area contributed by atoms with Crippen molar-refractivity contribution >= 4 is 23.4 Å². The molecule has 28 heavy (non-hydrogen) atoms. The second kappa shape index (κ2) is 9.03. The Kier molecular flexibility index (Phi) is 6.49. The average Bonchev–Trinajstić information content (AvgIpc) is 3.07. The van der Waals surface area contributed by atoms with Gasteiger partial charge < -0.3 is 15.0 Å². The van der Waals surface area contributed by atoms with Crippen LogP contribution in [-0.4, -0.2) is 26.3 Å². The Bertz CT molecular complexity index is 970. The monoisotopic (exact) mass is 399 g/mol. The van der Waals surface area contributed by atoms with Crippen molar-refractivity contribution in [3.05, 3.63) is 76.9 Å². The number of hydrogen-bond donors (Lipinski definition) is 2. The SMILES string of the molecule is Cc1cccc(NC(=O)CSc2nc(CO)cn2Cc2ccc(F)cc2)c1C. The summed E-state index contributed by atoms with van der Waals surface area (Å²) >= 11 is 1.30. The van der Waals surface area contributed by atoms with Crippen molar-refractivity contribution in [1.29, 1.82) is 0 Å². The van der Waals surface area contributed by atoms with Crippen LogP contribution in [0.3, 0.4) is 0 Å². The number of aromatic nitrogens is 2. The molecule has 0 aliphatic heterocycles. The van der Waals surface area contributed by atoms with Crippen LogP contribution in [0.2, 0.25) is 0 Å². The number of benzene rings is 2. The number of rotatable bonds is 7. The Morgan fingerprint density at radius 2 is 1.96 bits per heavy atom. The Morgan fingerprint density at radius 1 is 1.21 bits per heavy atom. The fraction of sp³-hybridized carbons (Fsp3) is 0.238. The zero-order valence-electron chi connectivity index (χ0n) is 15.8. The van der Waals surface area contributed by atoms with E-state index in [0.717, 1.165) is 22.4 Å². The van der Waals surface area contributed by atoms with Gasteiger partial charge in [0.05, 0.1) is 18.1 Å². The van der Waals surface area contributed by atoms with Gasteiger partial charge in [-0.3, -0.25) is 4.79 Å². The topological polar surface area (TPSA) is 67.2 Å². The Hall–Kier alpha value is -2.64. The van der Waals surface area contributed by atoms with Crippen LogP contribution in [0.4, 0.5) is 10.1 Å². The maximum Gasteiger partial charge on any atom is 0.234 e. The lowest BCUT2D eigenvalue weighted by atomic mass is 10.1. The number of aliphatic hydroxyl groups excluding tert-OH is 1. The van der Waals surface area contributed by atoms with Gasteiger partial charge in [-0.25, -0.2) is 9.37 Å². The molecule has 0 radical (unpaired) electrons. The summed E-state index contributed by atoms with van der Waals surface area (Å²) in [5.41, 5.74) is 4.40. The molecule has 3 aromatic rings. The highest BCUT2D eigenvalue weighted by Crippen LogP contribution is 2.22. The highest BCUT2D eigenvalue weighted by atomic mass is 32.2. The molecule has 0 saturated heterocycles. The normalized spacial score (nSPS) is 10.9. The lowest BCUT2D eigenvalue weighted by molar-refractivity contribution is -0.113. The summed E-state index contributed by atoms with van der Waals surface area (Å²) < 4.78 is 15.0. The number of nitrogens with zero attached hydrogens (tertiary/aromatic N) is 2. The summed E-state index contributed by atoms with van der Waals surface area (Å²) in [7, 11) is 0. The van der Waals surface area contributed by atoms with Crippen LogP contribution in [0, 0.1) is 19.7 Å². The van der Waals surface area contributed by atoms with Gasteiger partial charge in [-0.15, -0.1) is 0 Å². The van der Waals surface area contributed by atoms with E-state index in [1.165, 1.54) is 23.9 Å². The summed E-state index contributed by atoms with van der Waals surface area (Å²) in [6.07, 6.45) is 1.74. The number of carbonyl (C=O) groups is 1. The number of carbonyl (C=O) groups excluding carboxylic acids is 1. The van der Waals surface area contributed by atoms with E-state index in [1.807, 2.05) is 36.6 Å². The van der Waals surface area contributed by atoms with E-state index >= 15 is 0 Å². The standard InChI is InChI=1S/C21H22FN3O2S/c1-14-4-3-5-19(15(14)2)24-20(27)13-28-21-23-18(12-26)11-25(21)10-16-6-8-17(22)9-7-16/h3-9,11,26H,10,12-13H2,1-2H3,(H,24,27). The summed E-state index contributed by atoms with van der Waals surface area (Å²) in [4.78, 5) is 16.7. The van der Waals surface area contributed by atoms with Gasteiger partial charge in [0.1, 0.15) is 5.82 Å². The van der Waals surface area contributed by atoms with E-state index < -0.39 is 0 Å². The molecular weight excluding hydrogens is 377 g/mol. The summed E-state index contributed by atoms with van der Waals surface area (Å²) in [5, 5.41) is 13.0. The van der Waals surface area contributed by atoms with E-state index in [-0.39, 0.29) is 24.1 Å². The number of aryl methyl sites for hydroxylation is 1. The lowest BCUT2D eigenvalue weighted by Gasteiger charge is -2.11. The number of amides is 1. The second-order valence-electron chi connectivity index (χ2n) is 6.51. The van der Waals surface area contributed by atoms with Crippen molar-refractivity contribution in [2.75, 3.05) is 11.1 Å². The van der Waals surface area contributed by atoms with Crippen molar-refractivity contribution in [2.45, 2.75) is 32.2 Å². The maximum absolute atomic E-state index is 13.1. The van der Waals surface area contributed by atoms with Crippen molar-refractivity contribution in [1.82, 2.24) is 9.55 Å². The number of aliphatic hydroxyl groups is 1. The first kappa shape index (κ1) is 20.1. The maximum atomic E-state index is 13.1. The number of imidazole rings is 1. The lowest BCUT2D eigenvalue weighted by Crippen LogP contribution is -2.15. The van der Waals surface area contributed by atoms with E-state index in [0.29, 0.717) is 17.4 Å². The second-order valence-corrected chi connectivity index (χ2v) is 7.45. The van der Waals surface area contributed by atoms with E-state index in [2.05, 4.69) is 10.3 Å². The molecule has 0 atom stereocenters. The molecule has 1 amide bonds.